The van der Waals surface area contributed by atoms with E-state index < -0.39 is 0 Å². The Morgan fingerprint density at radius 3 is 2.50 bits per heavy atom. The fourth-order valence-electron chi connectivity index (χ4n) is 3.12. The first-order valence-electron chi connectivity index (χ1n) is 9.08. The summed E-state index contributed by atoms with van der Waals surface area (Å²) < 4.78 is 0. The molecule has 1 N–H and O–H groups in total. The Labute approximate surface area is 154 Å². The topological polar surface area (TPSA) is 45.8 Å². The van der Waals surface area contributed by atoms with E-state index in [1.807, 2.05) is 50.3 Å². The first kappa shape index (κ1) is 17.9. The molecule has 1 heterocycles. The van der Waals surface area contributed by atoms with Crippen LogP contribution in [0.25, 0.3) is 17.3 Å². The van der Waals surface area contributed by atoms with Crippen molar-refractivity contribution in [3.8, 4) is 11.3 Å². The molecule has 3 aromatic rings. The van der Waals surface area contributed by atoms with Crippen LogP contribution < -0.4 is 0 Å². The second-order valence-electron chi connectivity index (χ2n) is 6.34. The molecule has 2 aromatic carbocycles. The number of ketones is 1. The number of H-pyrrole nitrogens is 1. The summed E-state index contributed by atoms with van der Waals surface area (Å²) >= 11 is 0. The number of hydrogen-bond donors (Lipinski definition) is 1. The van der Waals surface area contributed by atoms with Crippen LogP contribution in [0.15, 0.2) is 54.1 Å². The molecule has 1 aromatic heterocycles. The van der Waals surface area contributed by atoms with Crippen LogP contribution in [-0.4, -0.2) is 16.0 Å². The van der Waals surface area contributed by atoms with Gasteiger partial charge in [-0.2, -0.15) is 5.10 Å². The summed E-state index contributed by atoms with van der Waals surface area (Å²) in [5, 5.41) is 7.43. The van der Waals surface area contributed by atoms with Gasteiger partial charge in [-0.1, -0.05) is 50.2 Å². The number of rotatable bonds is 2. The fourth-order valence-corrected chi connectivity index (χ4v) is 3.12. The summed E-state index contributed by atoms with van der Waals surface area (Å²) in [6.07, 6.45) is 2.60. The predicted molar refractivity (Wildman–Crippen MR) is 107 cm³/mol. The molecular formula is C23H24N2O. The minimum absolute atomic E-state index is 0.118. The van der Waals surface area contributed by atoms with E-state index in [4.69, 9.17) is 0 Å². The molecule has 0 unspecified atom stereocenters. The Bertz CT molecular complexity index is 979. The molecule has 0 aliphatic heterocycles. The zero-order valence-corrected chi connectivity index (χ0v) is 15.8. The largest absolute Gasteiger partial charge is 0.289 e. The fraction of sp³-hybridized carbons (Fsp3) is 0.217. The molecule has 0 radical (unpaired) electrons. The zero-order chi connectivity index (χ0) is 18.7. The molecule has 0 spiro atoms. The first-order chi connectivity index (χ1) is 12.6. The Balaban J connectivity index is 0.000000948. The van der Waals surface area contributed by atoms with E-state index in [1.54, 1.807) is 0 Å². The summed E-state index contributed by atoms with van der Waals surface area (Å²) in [4.78, 5) is 12.5. The van der Waals surface area contributed by atoms with Crippen LogP contribution in [0.1, 0.15) is 46.6 Å². The number of Topliss-reactive ketones (excluding diaryl/α,β-unsaturated/α-hetero) is 1. The minimum Gasteiger partial charge on any atom is -0.289 e. The minimum atomic E-state index is 0.118. The van der Waals surface area contributed by atoms with Crippen LogP contribution in [-0.2, 0) is 6.42 Å². The molecule has 1 aliphatic carbocycles. The number of fused-ring (bicyclic) bond motifs is 1. The highest BCUT2D eigenvalue weighted by molar-refractivity contribution is 6.15. The molecule has 3 nitrogen and oxygen atoms in total. The average molecular weight is 344 g/mol. The van der Waals surface area contributed by atoms with E-state index in [0.29, 0.717) is 6.42 Å². The van der Waals surface area contributed by atoms with Gasteiger partial charge < -0.3 is 0 Å². The lowest BCUT2D eigenvalue weighted by Crippen LogP contribution is -1.94. The van der Waals surface area contributed by atoms with E-state index in [9.17, 15) is 4.79 Å². The Kier molecular flexibility index (Phi) is 5.17. The van der Waals surface area contributed by atoms with Crippen LogP contribution in [0, 0.1) is 13.8 Å². The van der Waals surface area contributed by atoms with Crippen LogP contribution in [0.5, 0.6) is 0 Å². The first-order valence-corrected chi connectivity index (χ1v) is 9.08. The molecule has 1 aliphatic rings. The van der Waals surface area contributed by atoms with Crippen LogP contribution in [0.2, 0.25) is 0 Å². The van der Waals surface area contributed by atoms with Gasteiger partial charge in [-0.15, -0.1) is 0 Å². The maximum atomic E-state index is 12.5. The van der Waals surface area contributed by atoms with Crippen molar-refractivity contribution in [2.75, 3.05) is 0 Å². The number of aromatic amines is 1. The average Bonchev–Trinajstić information content (AvgIpc) is 3.25. The highest BCUT2D eigenvalue weighted by atomic mass is 16.1. The number of benzene rings is 2. The van der Waals surface area contributed by atoms with Crippen molar-refractivity contribution < 1.29 is 4.79 Å². The molecule has 0 bridgehead atoms. The van der Waals surface area contributed by atoms with Gasteiger partial charge >= 0.3 is 0 Å². The van der Waals surface area contributed by atoms with E-state index in [0.717, 1.165) is 33.7 Å². The number of aryl methyl sites for hydroxylation is 2. The molecule has 0 saturated heterocycles. The van der Waals surface area contributed by atoms with Crippen LogP contribution in [0.3, 0.4) is 0 Å². The van der Waals surface area contributed by atoms with E-state index in [1.165, 1.54) is 11.1 Å². The highest BCUT2D eigenvalue weighted by Crippen LogP contribution is 2.28. The standard InChI is InChI=1S/C21H18N2O.C2H6/c1-13-7-8-16(9-14(13)2)20-12-18(22-23-20)11-17-10-15-5-3-4-6-19(15)21(17)24;1-2/h3-9,11-12H,10H2,1-2H3,(H,22,23);1-2H3/b17-11+;. The molecule has 3 heteroatoms. The number of hydrogen-bond acceptors (Lipinski definition) is 2. The third kappa shape index (κ3) is 3.38. The van der Waals surface area contributed by atoms with Gasteiger partial charge in [-0.25, -0.2) is 0 Å². The lowest BCUT2D eigenvalue weighted by atomic mass is 10.0. The number of carbonyl (C=O) groups excluding carboxylic acids is 1. The monoisotopic (exact) mass is 344 g/mol. The lowest BCUT2D eigenvalue weighted by molar-refractivity contribution is 0.104. The van der Waals surface area contributed by atoms with Gasteiger partial charge in [0, 0.05) is 23.1 Å². The summed E-state index contributed by atoms with van der Waals surface area (Å²) in [6.45, 7) is 8.20. The molecule has 26 heavy (non-hydrogen) atoms. The van der Waals surface area contributed by atoms with Crippen molar-refractivity contribution in [3.05, 3.63) is 82.1 Å². The quantitative estimate of drug-likeness (QED) is 0.620. The number of carbonyl (C=O) groups is 1. The molecule has 0 saturated carbocycles. The summed E-state index contributed by atoms with van der Waals surface area (Å²) in [5.41, 5.74) is 8.09. The highest BCUT2D eigenvalue weighted by Gasteiger charge is 2.24. The van der Waals surface area contributed by atoms with Crippen molar-refractivity contribution in [2.45, 2.75) is 34.1 Å². The maximum absolute atomic E-state index is 12.5. The number of aromatic nitrogens is 2. The summed E-state index contributed by atoms with van der Waals surface area (Å²) in [5.74, 6) is 0.118. The van der Waals surface area contributed by atoms with Gasteiger partial charge in [0.2, 0.25) is 0 Å². The van der Waals surface area contributed by atoms with Crippen molar-refractivity contribution in [2.24, 2.45) is 0 Å². The van der Waals surface area contributed by atoms with Gasteiger partial charge in [-0.05, 0) is 48.7 Å². The number of nitrogens with one attached hydrogen (secondary N) is 1. The summed E-state index contributed by atoms with van der Waals surface area (Å²) in [7, 11) is 0. The molecule has 4 rings (SSSR count). The third-order valence-electron chi connectivity index (χ3n) is 4.66. The lowest BCUT2D eigenvalue weighted by Gasteiger charge is -2.01. The SMILES string of the molecule is CC.Cc1ccc(-c2cc(/C=C3\Cc4ccccc4C3=O)[nH]n2)cc1C. The van der Waals surface area contributed by atoms with Crippen molar-refractivity contribution in [3.63, 3.8) is 0 Å². The number of allylic oxidation sites excluding steroid dienone is 1. The predicted octanol–water partition coefficient (Wildman–Crippen LogP) is 5.54. The molecule has 0 amide bonds. The normalized spacial score (nSPS) is 14.2. The van der Waals surface area contributed by atoms with Gasteiger partial charge in [0.15, 0.2) is 5.78 Å². The Hall–Kier alpha value is -2.94. The van der Waals surface area contributed by atoms with Gasteiger partial charge in [0.05, 0.1) is 11.4 Å². The van der Waals surface area contributed by atoms with Gasteiger partial charge in [-0.3, -0.25) is 9.89 Å². The molecule has 0 fully saturated rings. The van der Waals surface area contributed by atoms with Crippen molar-refractivity contribution in [1.82, 2.24) is 10.2 Å². The number of nitrogens with zero attached hydrogens (tertiary/aromatic N) is 1. The van der Waals surface area contributed by atoms with Crippen molar-refractivity contribution in [1.29, 1.82) is 0 Å². The smallest absolute Gasteiger partial charge is 0.189 e. The van der Waals surface area contributed by atoms with Crippen LogP contribution >= 0.6 is 0 Å². The van der Waals surface area contributed by atoms with Gasteiger partial charge in [0.25, 0.3) is 0 Å². The molecule has 132 valence electrons. The van der Waals surface area contributed by atoms with E-state index >= 15 is 0 Å². The van der Waals surface area contributed by atoms with E-state index in [2.05, 4.69) is 42.2 Å². The third-order valence-corrected chi connectivity index (χ3v) is 4.66. The second-order valence-corrected chi connectivity index (χ2v) is 6.34. The Morgan fingerprint density at radius 2 is 1.77 bits per heavy atom. The summed E-state index contributed by atoms with van der Waals surface area (Å²) in [6, 6.07) is 16.1. The molecular weight excluding hydrogens is 320 g/mol. The Morgan fingerprint density at radius 1 is 1.00 bits per heavy atom. The van der Waals surface area contributed by atoms with E-state index in [-0.39, 0.29) is 5.78 Å². The van der Waals surface area contributed by atoms with Gasteiger partial charge in [0.1, 0.15) is 0 Å². The molecule has 0 atom stereocenters. The van der Waals surface area contributed by atoms with Crippen LogP contribution in [0.4, 0.5) is 0 Å². The maximum Gasteiger partial charge on any atom is 0.189 e. The zero-order valence-electron chi connectivity index (χ0n) is 15.8. The second kappa shape index (κ2) is 7.52. The van der Waals surface area contributed by atoms with Crippen molar-refractivity contribution >= 4 is 11.9 Å².